The van der Waals surface area contributed by atoms with E-state index in [1.807, 2.05) is 49.4 Å². The molecule has 0 radical (unpaired) electrons. The Labute approximate surface area is 162 Å². The Morgan fingerprint density at radius 2 is 1.63 bits per heavy atom. The van der Waals surface area contributed by atoms with E-state index in [-0.39, 0.29) is 11.8 Å². The summed E-state index contributed by atoms with van der Waals surface area (Å²) in [6.07, 6.45) is 3.26. The van der Waals surface area contributed by atoms with Crippen LogP contribution in [0.2, 0.25) is 0 Å². The molecule has 2 N–H and O–H groups in total. The number of nitrogens with zero attached hydrogens (tertiary/aromatic N) is 1. The summed E-state index contributed by atoms with van der Waals surface area (Å²) in [5.41, 5.74) is 3.11. The van der Waals surface area contributed by atoms with Crippen LogP contribution in [0.15, 0.2) is 78.0 Å². The first-order valence-electron chi connectivity index (χ1n) is 8.41. The normalized spacial score (nSPS) is 10.3. The Kier molecular flexibility index (Phi) is 6.22. The van der Waals surface area contributed by atoms with E-state index >= 15 is 0 Å². The molecule has 0 aliphatic carbocycles. The molecule has 136 valence electrons. The van der Waals surface area contributed by atoms with Crippen LogP contribution in [0, 0.1) is 6.92 Å². The lowest BCUT2D eigenvalue weighted by atomic mass is 10.1. The molecule has 2 aromatic carbocycles. The highest BCUT2D eigenvalue weighted by atomic mass is 32.2. The van der Waals surface area contributed by atoms with Crippen molar-refractivity contribution < 1.29 is 9.59 Å². The number of rotatable bonds is 6. The SMILES string of the molecule is Cc1cccc(C(=O)Nc2ccc(SCC(=O)Nc3ccncc3)cc2)c1. The quantitative estimate of drug-likeness (QED) is 0.626. The smallest absolute Gasteiger partial charge is 0.255 e. The average molecular weight is 377 g/mol. The number of anilines is 2. The molecule has 0 saturated carbocycles. The molecule has 6 heteroatoms. The molecule has 0 saturated heterocycles. The molecular formula is C21H19N3O2S. The number of aryl methyl sites for hydroxylation is 1. The number of nitrogens with one attached hydrogen (secondary N) is 2. The molecule has 0 unspecified atom stereocenters. The lowest BCUT2D eigenvalue weighted by Gasteiger charge is -2.08. The van der Waals surface area contributed by atoms with Gasteiger partial charge in [-0.1, -0.05) is 17.7 Å². The van der Waals surface area contributed by atoms with Crippen molar-refractivity contribution in [2.24, 2.45) is 0 Å². The zero-order valence-corrected chi connectivity index (χ0v) is 15.6. The zero-order chi connectivity index (χ0) is 19.1. The van der Waals surface area contributed by atoms with Crippen LogP contribution >= 0.6 is 11.8 Å². The van der Waals surface area contributed by atoms with Gasteiger partial charge in [-0.05, 0) is 55.5 Å². The third kappa shape index (κ3) is 5.69. The highest BCUT2D eigenvalue weighted by molar-refractivity contribution is 8.00. The molecule has 0 aliphatic heterocycles. The van der Waals surface area contributed by atoms with Gasteiger partial charge in [0.2, 0.25) is 5.91 Å². The van der Waals surface area contributed by atoms with Crippen LogP contribution in [0.1, 0.15) is 15.9 Å². The van der Waals surface area contributed by atoms with Crippen LogP contribution in [0.4, 0.5) is 11.4 Å². The molecule has 0 aliphatic rings. The first kappa shape index (κ1) is 18.7. The highest BCUT2D eigenvalue weighted by Gasteiger charge is 2.07. The van der Waals surface area contributed by atoms with Crippen molar-refractivity contribution in [3.8, 4) is 0 Å². The molecule has 3 rings (SSSR count). The molecule has 0 fully saturated rings. The number of hydrogen-bond donors (Lipinski definition) is 2. The van der Waals surface area contributed by atoms with Crippen LogP contribution in [0.3, 0.4) is 0 Å². The summed E-state index contributed by atoms with van der Waals surface area (Å²) < 4.78 is 0. The molecule has 0 bridgehead atoms. The van der Waals surface area contributed by atoms with Gasteiger partial charge in [0.05, 0.1) is 5.75 Å². The molecule has 1 heterocycles. The lowest BCUT2D eigenvalue weighted by molar-refractivity contribution is -0.113. The van der Waals surface area contributed by atoms with Gasteiger partial charge in [-0.2, -0.15) is 0 Å². The second kappa shape index (κ2) is 9.00. The van der Waals surface area contributed by atoms with Crippen molar-refractivity contribution in [3.63, 3.8) is 0 Å². The predicted molar refractivity (Wildman–Crippen MR) is 109 cm³/mol. The lowest BCUT2D eigenvalue weighted by Crippen LogP contribution is -2.14. The molecule has 0 atom stereocenters. The minimum atomic E-state index is -0.143. The molecule has 3 aromatic rings. The number of thioether (sulfide) groups is 1. The Hall–Kier alpha value is -3.12. The van der Waals surface area contributed by atoms with E-state index in [4.69, 9.17) is 0 Å². The Balaban J connectivity index is 1.51. The standard InChI is InChI=1S/C21H19N3O2S/c1-15-3-2-4-16(13-15)21(26)24-17-5-7-19(8-6-17)27-14-20(25)23-18-9-11-22-12-10-18/h2-13H,14H2,1H3,(H,24,26)(H,22,23,25). The largest absolute Gasteiger partial charge is 0.325 e. The van der Waals surface area contributed by atoms with E-state index in [1.54, 1.807) is 30.6 Å². The maximum atomic E-state index is 12.3. The van der Waals surface area contributed by atoms with E-state index < -0.39 is 0 Å². The van der Waals surface area contributed by atoms with Gasteiger partial charge in [0.25, 0.3) is 5.91 Å². The summed E-state index contributed by atoms with van der Waals surface area (Å²) in [6.45, 7) is 1.95. The van der Waals surface area contributed by atoms with Gasteiger partial charge in [0.15, 0.2) is 0 Å². The first-order chi connectivity index (χ1) is 13.1. The van der Waals surface area contributed by atoms with Crippen molar-refractivity contribution in [2.75, 3.05) is 16.4 Å². The van der Waals surface area contributed by atoms with Crippen molar-refractivity contribution in [2.45, 2.75) is 11.8 Å². The summed E-state index contributed by atoms with van der Waals surface area (Å²) in [5, 5.41) is 5.69. The number of aromatic nitrogens is 1. The second-order valence-corrected chi connectivity index (χ2v) is 6.97. The zero-order valence-electron chi connectivity index (χ0n) is 14.8. The Morgan fingerprint density at radius 3 is 2.33 bits per heavy atom. The highest BCUT2D eigenvalue weighted by Crippen LogP contribution is 2.21. The van der Waals surface area contributed by atoms with Crippen molar-refractivity contribution >= 4 is 35.0 Å². The van der Waals surface area contributed by atoms with Gasteiger partial charge in [0.1, 0.15) is 0 Å². The number of pyridine rings is 1. The molecule has 27 heavy (non-hydrogen) atoms. The number of amides is 2. The van der Waals surface area contributed by atoms with Gasteiger partial charge in [-0.3, -0.25) is 14.6 Å². The van der Waals surface area contributed by atoms with E-state index in [9.17, 15) is 9.59 Å². The fourth-order valence-electron chi connectivity index (χ4n) is 2.41. The molecular weight excluding hydrogens is 358 g/mol. The number of hydrogen-bond acceptors (Lipinski definition) is 4. The van der Waals surface area contributed by atoms with Crippen molar-refractivity contribution in [3.05, 3.63) is 84.2 Å². The van der Waals surface area contributed by atoms with Gasteiger partial charge < -0.3 is 10.6 Å². The van der Waals surface area contributed by atoms with Gasteiger partial charge in [-0.15, -0.1) is 11.8 Å². The van der Waals surface area contributed by atoms with E-state index in [2.05, 4.69) is 15.6 Å². The third-order valence-corrected chi connectivity index (χ3v) is 4.74. The average Bonchev–Trinajstić information content (AvgIpc) is 2.68. The molecule has 1 aromatic heterocycles. The number of carbonyl (C=O) groups is 2. The number of carbonyl (C=O) groups excluding carboxylic acids is 2. The Morgan fingerprint density at radius 1 is 0.926 bits per heavy atom. The predicted octanol–water partition coefficient (Wildman–Crippen LogP) is 4.37. The molecule has 2 amide bonds. The van der Waals surface area contributed by atoms with Crippen LogP contribution in [0.25, 0.3) is 0 Å². The van der Waals surface area contributed by atoms with Crippen LogP contribution in [0.5, 0.6) is 0 Å². The van der Waals surface area contributed by atoms with Crippen molar-refractivity contribution in [1.82, 2.24) is 4.98 Å². The van der Waals surface area contributed by atoms with Crippen LogP contribution in [-0.4, -0.2) is 22.6 Å². The van der Waals surface area contributed by atoms with Gasteiger partial charge in [-0.25, -0.2) is 0 Å². The third-order valence-electron chi connectivity index (χ3n) is 3.73. The Bertz CT molecular complexity index is 928. The monoisotopic (exact) mass is 377 g/mol. The van der Waals surface area contributed by atoms with E-state index in [0.29, 0.717) is 17.0 Å². The van der Waals surface area contributed by atoms with Gasteiger partial charge in [0, 0.05) is 34.2 Å². The molecule has 5 nitrogen and oxygen atoms in total. The summed E-state index contributed by atoms with van der Waals surface area (Å²) >= 11 is 1.43. The van der Waals surface area contributed by atoms with Crippen molar-refractivity contribution in [1.29, 1.82) is 0 Å². The maximum Gasteiger partial charge on any atom is 0.255 e. The summed E-state index contributed by atoms with van der Waals surface area (Å²) in [5.74, 6) is 0.0796. The van der Waals surface area contributed by atoms with Crippen LogP contribution in [-0.2, 0) is 4.79 Å². The van der Waals surface area contributed by atoms with Gasteiger partial charge >= 0.3 is 0 Å². The minimum absolute atomic E-state index is 0.0805. The second-order valence-electron chi connectivity index (χ2n) is 5.92. The fourth-order valence-corrected chi connectivity index (χ4v) is 3.10. The topological polar surface area (TPSA) is 71.1 Å². The minimum Gasteiger partial charge on any atom is -0.325 e. The fraction of sp³-hybridized carbons (Fsp3) is 0.0952. The summed E-state index contributed by atoms with van der Waals surface area (Å²) in [6, 6.07) is 18.4. The van der Waals surface area contributed by atoms with E-state index in [1.165, 1.54) is 11.8 Å². The molecule has 0 spiro atoms. The van der Waals surface area contributed by atoms with E-state index in [0.717, 1.165) is 16.1 Å². The maximum absolute atomic E-state index is 12.3. The summed E-state index contributed by atoms with van der Waals surface area (Å²) in [7, 11) is 0. The number of benzene rings is 2. The summed E-state index contributed by atoms with van der Waals surface area (Å²) in [4.78, 5) is 29.1. The van der Waals surface area contributed by atoms with Crippen LogP contribution < -0.4 is 10.6 Å². The first-order valence-corrected chi connectivity index (χ1v) is 9.39.